The summed E-state index contributed by atoms with van der Waals surface area (Å²) in [5.41, 5.74) is 0. The van der Waals surface area contributed by atoms with E-state index in [4.69, 9.17) is 9.84 Å². The van der Waals surface area contributed by atoms with Crippen molar-refractivity contribution in [3.63, 3.8) is 0 Å². The first kappa shape index (κ1) is 15.9. The van der Waals surface area contributed by atoms with Crippen LogP contribution in [0.1, 0.15) is 39.5 Å². The number of carboxylic acids is 1. The van der Waals surface area contributed by atoms with Crippen LogP contribution in [0.5, 0.6) is 0 Å². The van der Waals surface area contributed by atoms with Crippen LogP contribution in [0.25, 0.3) is 0 Å². The topological polar surface area (TPSA) is 97.7 Å². The van der Waals surface area contributed by atoms with Crippen LogP contribution in [0.15, 0.2) is 0 Å². The highest BCUT2D eigenvalue weighted by molar-refractivity contribution is 7.92. The van der Waals surface area contributed by atoms with E-state index in [2.05, 4.69) is 0 Å². The Morgan fingerprint density at radius 2 is 1.74 bits per heavy atom. The normalized spacial score (nSPS) is 24.2. The highest BCUT2D eigenvalue weighted by atomic mass is 32.2. The summed E-state index contributed by atoms with van der Waals surface area (Å²) in [6.45, 7) is 3.31. The largest absolute Gasteiger partial charge is 0.481 e. The van der Waals surface area contributed by atoms with Gasteiger partial charge >= 0.3 is 11.9 Å². The average molecular weight is 292 g/mol. The maximum Gasteiger partial charge on any atom is 0.321 e. The van der Waals surface area contributed by atoms with E-state index in [0.717, 1.165) is 0 Å². The van der Waals surface area contributed by atoms with Crippen molar-refractivity contribution in [1.82, 2.24) is 0 Å². The minimum absolute atomic E-state index is 0.300. The molecular weight excluding hydrogens is 272 g/mol. The minimum atomic E-state index is -3.54. The van der Waals surface area contributed by atoms with E-state index >= 15 is 0 Å². The molecule has 1 saturated carbocycles. The lowest BCUT2D eigenvalue weighted by molar-refractivity contribution is -0.144. The molecule has 6 nitrogen and oxygen atoms in total. The number of sulfone groups is 1. The molecule has 0 radical (unpaired) electrons. The smallest absolute Gasteiger partial charge is 0.321 e. The molecule has 0 heterocycles. The lowest BCUT2D eigenvalue weighted by atomic mass is 9.89. The lowest BCUT2D eigenvalue weighted by Crippen LogP contribution is -2.34. The molecule has 0 amide bonds. The molecule has 0 aromatic carbocycles. The molecule has 1 N–H and O–H groups in total. The van der Waals surface area contributed by atoms with E-state index in [9.17, 15) is 18.0 Å². The maximum absolute atomic E-state index is 12.0. The molecule has 19 heavy (non-hydrogen) atoms. The van der Waals surface area contributed by atoms with Crippen LogP contribution in [0.2, 0.25) is 0 Å². The molecule has 0 bridgehead atoms. The Bertz CT molecular complexity index is 431. The highest BCUT2D eigenvalue weighted by Crippen LogP contribution is 2.29. The summed E-state index contributed by atoms with van der Waals surface area (Å²) in [4.78, 5) is 22.2. The predicted octanol–water partition coefficient (Wildman–Crippen LogP) is 0.996. The van der Waals surface area contributed by atoms with Gasteiger partial charge in [-0.1, -0.05) is 0 Å². The first-order valence-electron chi connectivity index (χ1n) is 6.36. The molecule has 1 aliphatic rings. The predicted molar refractivity (Wildman–Crippen MR) is 68.4 cm³/mol. The zero-order valence-corrected chi connectivity index (χ0v) is 12.0. The summed E-state index contributed by atoms with van der Waals surface area (Å²) in [7, 11) is -3.54. The molecule has 0 unspecified atom stereocenters. The maximum atomic E-state index is 12.0. The van der Waals surface area contributed by atoms with Gasteiger partial charge in [-0.2, -0.15) is 0 Å². The molecule has 110 valence electrons. The van der Waals surface area contributed by atoms with Crippen molar-refractivity contribution in [2.75, 3.05) is 5.75 Å². The van der Waals surface area contributed by atoms with Crippen LogP contribution in [-0.2, 0) is 24.2 Å². The van der Waals surface area contributed by atoms with E-state index in [1.807, 2.05) is 0 Å². The molecule has 0 aromatic heterocycles. The van der Waals surface area contributed by atoms with E-state index < -0.39 is 38.7 Å². The lowest BCUT2D eigenvalue weighted by Gasteiger charge is -2.25. The van der Waals surface area contributed by atoms with E-state index in [1.54, 1.807) is 13.8 Å². The minimum Gasteiger partial charge on any atom is -0.481 e. The van der Waals surface area contributed by atoms with E-state index in [0.29, 0.717) is 25.7 Å². The molecule has 1 rings (SSSR count). The van der Waals surface area contributed by atoms with Gasteiger partial charge < -0.3 is 9.84 Å². The van der Waals surface area contributed by atoms with Crippen molar-refractivity contribution in [2.45, 2.75) is 50.9 Å². The summed E-state index contributed by atoms with van der Waals surface area (Å²) in [6.07, 6.45) is 0.949. The fourth-order valence-corrected chi connectivity index (χ4v) is 3.87. The fourth-order valence-electron chi connectivity index (χ4n) is 2.25. The van der Waals surface area contributed by atoms with Gasteiger partial charge in [0.15, 0.2) is 9.84 Å². The average Bonchev–Trinajstić information content (AvgIpc) is 2.27. The number of rotatable bonds is 5. The molecule has 0 atom stereocenters. The zero-order chi connectivity index (χ0) is 14.6. The van der Waals surface area contributed by atoms with Crippen molar-refractivity contribution in [3.8, 4) is 0 Å². The summed E-state index contributed by atoms with van der Waals surface area (Å²) in [5.74, 6) is -2.70. The number of aliphatic carboxylic acids is 1. The third-order valence-electron chi connectivity index (χ3n) is 3.22. The van der Waals surface area contributed by atoms with Crippen molar-refractivity contribution in [2.24, 2.45) is 5.92 Å². The third-order valence-corrected chi connectivity index (χ3v) is 5.34. The van der Waals surface area contributed by atoms with Gasteiger partial charge in [0.1, 0.15) is 5.75 Å². The number of carboxylic acid groups (broad SMARTS) is 1. The molecule has 1 fully saturated rings. The molecule has 1 aliphatic carbocycles. The fraction of sp³-hybridized carbons (Fsp3) is 0.833. The molecule has 0 aliphatic heterocycles. The second kappa shape index (κ2) is 6.36. The number of ether oxygens (including phenoxy) is 1. The summed E-state index contributed by atoms with van der Waals surface area (Å²) < 4.78 is 28.8. The third kappa shape index (κ3) is 4.81. The van der Waals surface area contributed by atoms with Crippen molar-refractivity contribution < 1.29 is 27.9 Å². The molecule has 7 heteroatoms. The first-order valence-corrected chi connectivity index (χ1v) is 8.07. The summed E-state index contributed by atoms with van der Waals surface area (Å²) >= 11 is 0. The van der Waals surface area contributed by atoms with Crippen LogP contribution in [0.4, 0.5) is 0 Å². The van der Waals surface area contributed by atoms with Crippen LogP contribution >= 0.6 is 0 Å². The second-order valence-corrected chi connectivity index (χ2v) is 7.44. The molecule has 0 spiro atoms. The second-order valence-electron chi connectivity index (χ2n) is 5.16. The van der Waals surface area contributed by atoms with E-state index in [-0.39, 0.29) is 6.10 Å². The quantitative estimate of drug-likeness (QED) is 0.759. The first-order chi connectivity index (χ1) is 8.72. The number of esters is 1. The Morgan fingerprint density at radius 1 is 1.21 bits per heavy atom. The monoisotopic (exact) mass is 292 g/mol. The van der Waals surface area contributed by atoms with Gasteiger partial charge in [-0.3, -0.25) is 9.59 Å². The summed E-state index contributed by atoms with van der Waals surface area (Å²) in [6, 6.07) is 0. The number of carbonyl (C=O) groups is 2. The van der Waals surface area contributed by atoms with Crippen molar-refractivity contribution in [1.29, 1.82) is 0 Å². The summed E-state index contributed by atoms with van der Waals surface area (Å²) in [5, 5.41) is 8.23. The van der Waals surface area contributed by atoms with Crippen LogP contribution in [0, 0.1) is 5.92 Å². The van der Waals surface area contributed by atoms with Gasteiger partial charge in [0, 0.05) is 0 Å². The number of hydrogen-bond acceptors (Lipinski definition) is 5. The van der Waals surface area contributed by atoms with Gasteiger partial charge in [0.05, 0.1) is 17.3 Å². The van der Waals surface area contributed by atoms with Crippen molar-refractivity contribution >= 4 is 21.8 Å². The standard InChI is InChI=1S/C12H20O6S/c1-8(2)18-11(13)7-19(16,17)10-5-3-9(4-6-10)12(14)15/h8-10H,3-7H2,1-2H3,(H,14,15). The highest BCUT2D eigenvalue weighted by Gasteiger charge is 2.34. The van der Waals surface area contributed by atoms with Gasteiger partial charge in [-0.25, -0.2) is 8.42 Å². The van der Waals surface area contributed by atoms with Gasteiger partial charge in [-0.05, 0) is 39.5 Å². The SMILES string of the molecule is CC(C)OC(=O)CS(=O)(=O)C1CCC(C(=O)O)CC1. The van der Waals surface area contributed by atoms with Crippen LogP contribution < -0.4 is 0 Å². The van der Waals surface area contributed by atoms with Gasteiger partial charge in [-0.15, -0.1) is 0 Å². The Morgan fingerprint density at radius 3 is 2.16 bits per heavy atom. The van der Waals surface area contributed by atoms with E-state index in [1.165, 1.54) is 0 Å². The Kier molecular flexibility index (Phi) is 5.34. The van der Waals surface area contributed by atoms with Crippen LogP contribution in [-0.4, -0.2) is 42.6 Å². The molecule has 0 saturated heterocycles. The van der Waals surface area contributed by atoms with Gasteiger partial charge in [0.25, 0.3) is 0 Å². The Hall–Kier alpha value is -1.11. The Labute approximate surface area is 113 Å². The Balaban J connectivity index is 2.55. The zero-order valence-electron chi connectivity index (χ0n) is 11.2. The molecular formula is C12H20O6S. The van der Waals surface area contributed by atoms with Crippen molar-refractivity contribution in [3.05, 3.63) is 0 Å². The van der Waals surface area contributed by atoms with Crippen LogP contribution in [0.3, 0.4) is 0 Å². The number of hydrogen-bond donors (Lipinski definition) is 1. The molecule has 0 aromatic rings. The van der Waals surface area contributed by atoms with Gasteiger partial charge in [0.2, 0.25) is 0 Å². The number of carbonyl (C=O) groups excluding carboxylic acids is 1.